The van der Waals surface area contributed by atoms with Crippen molar-refractivity contribution >= 4 is 27.3 Å². The number of nitrogens with zero attached hydrogens (tertiary/aromatic N) is 2. The van der Waals surface area contributed by atoms with Crippen LogP contribution in [0.4, 0.5) is 14.5 Å². The lowest BCUT2D eigenvalue weighted by Gasteiger charge is -2.35. The molecule has 2 amide bonds. The average Bonchev–Trinajstić information content (AvgIpc) is 3.52. The second-order valence-corrected chi connectivity index (χ2v) is 13.3. The minimum atomic E-state index is -3.71. The standard InChI is InChI=1S/C26H35F2N3O5S/c27-26(28)6-3-18(4-7-26)31-12-5-21(24(31)34)29-23(33)20-2-1-19(37(35,36)16-15-32)17-22(20)30-13-10-25(8-9-25)11-14-30/h1-2,17-18,21,32H,3-16H2,(H,29,33). The number of alkyl halides is 2. The predicted molar refractivity (Wildman–Crippen MR) is 133 cm³/mol. The molecule has 1 atom stereocenters. The topological polar surface area (TPSA) is 107 Å². The van der Waals surface area contributed by atoms with Gasteiger partial charge in [0, 0.05) is 38.5 Å². The van der Waals surface area contributed by atoms with Crippen LogP contribution in [0.2, 0.25) is 0 Å². The van der Waals surface area contributed by atoms with Crippen LogP contribution in [0.5, 0.6) is 0 Å². The highest BCUT2D eigenvalue weighted by Crippen LogP contribution is 2.54. The summed E-state index contributed by atoms with van der Waals surface area (Å²) in [6.45, 7) is 1.35. The summed E-state index contributed by atoms with van der Waals surface area (Å²) in [5, 5.41) is 12.0. The number of aliphatic hydroxyl groups is 1. The van der Waals surface area contributed by atoms with Crippen LogP contribution in [0, 0.1) is 5.41 Å². The largest absolute Gasteiger partial charge is 0.395 e. The number of rotatable bonds is 7. The molecule has 2 saturated carbocycles. The van der Waals surface area contributed by atoms with Gasteiger partial charge in [-0.15, -0.1) is 0 Å². The molecule has 5 rings (SSSR count). The van der Waals surface area contributed by atoms with Crippen LogP contribution >= 0.6 is 0 Å². The van der Waals surface area contributed by atoms with Gasteiger partial charge in [-0.3, -0.25) is 9.59 Å². The van der Waals surface area contributed by atoms with Gasteiger partial charge in [-0.25, -0.2) is 17.2 Å². The van der Waals surface area contributed by atoms with Crippen LogP contribution < -0.4 is 10.2 Å². The van der Waals surface area contributed by atoms with Crippen molar-refractivity contribution in [3.8, 4) is 0 Å². The first kappa shape index (κ1) is 26.3. The highest BCUT2D eigenvalue weighted by molar-refractivity contribution is 7.91. The van der Waals surface area contributed by atoms with Gasteiger partial charge < -0.3 is 20.2 Å². The van der Waals surface area contributed by atoms with Crippen molar-refractivity contribution < 1.29 is 31.9 Å². The van der Waals surface area contributed by atoms with E-state index in [-0.39, 0.29) is 42.5 Å². The lowest BCUT2D eigenvalue weighted by atomic mass is 9.91. The molecule has 1 aromatic rings. The molecule has 4 aliphatic rings. The molecule has 4 fully saturated rings. The quantitative estimate of drug-likeness (QED) is 0.552. The van der Waals surface area contributed by atoms with Crippen LogP contribution in [0.15, 0.2) is 23.1 Å². The van der Waals surface area contributed by atoms with Crippen LogP contribution in [0.25, 0.3) is 0 Å². The van der Waals surface area contributed by atoms with Crippen molar-refractivity contribution in [1.29, 1.82) is 0 Å². The number of carbonyl (C=O) groups is 2. The first-order valence-corrected chi connectivity index (χ1v) is 14.9. The van der Waals surface area contributed by atoms with Gasteiger partial charge in [0.05, 0.1) is 28.5 Å². The zero-order valence-corrected chi connectivity index (χ0v) is 21.7. The highest BCUT2D eigenvalue weighted by Gasteiger charge is 2.45. The third-order valence-electron chi connectivity index (χ3n) is 8.73. The SMILES string of the molecule is O=C(NC1CCN(C2CCC(F)(F)CC2)C1=O)c1ccc(S(=O)(=O)CCO)cc1N1CCC2(CC1)CC2. The number of hydrogen-bond donors (Lipinski definition) is 2. The fourth-order valence-corrected chi connectivity index (χ4v) is 7.11. The van der Waals surface area contributed by atoms with Crippen molar-refractivity contribution in [2.75, 3.05) is 36.9 Å². The summed E-state index contributed by atoms with van der Waals surface area (Å²) >= 11 is 0. The summed E-state index contributed by atoms with van der Waals surface area (Å²) in [7, 11) is -3.71. The Labute approximate surface area is 216 Å². The summed E-state index contributed by atoms with van der Waals surface area (Å²) in [4.78, 5) is 30.2. The maximum Gasteiger partial charge on any atom is 0.254 e. The van der Waals surface area contributed by atoms with Crippen LogP contribution in [0.1, 0.15) is 68.1 Å². The zero-order valence-electron chi connectivity index (χ0n) is 20.9. The van der Waals surface area contributed by atoms with Gasteiger partial charge in [-0.2, -0.15) is 0 Å². The number of anilines is 1. The Morgan fingerprint density at radius 2 is 1.70 bits per heavy atom. The number of sulfone groups is 1. The number of benzene rings is 1. The number of aliphatic hydroxyl groups excluding tert-OH is 1. The van der Waals surface area contributed by atoms with Gasteiger partial charge in [0.2, 0.25) is 11.8 Å². The van der Waals surface area contributed by atoms with E-state index in [0.717, 1.165) is 12.8 Å². The van der Waals surface area contributed by atoms with Crippen LogP contribution in [0.3, 0.4) is 0 Å². The van der Waals surface area contributed by atoms with Gasteiger partial charge in [0.25, 0.3) is 5.91 Å². The minimum Gasteiger partial charge on any atom is -0.395 e. The summed E-state index contributed by atoms with van der Waals surface area (Å²) in [6, 6.07) is 3.40. The Hall–Kier alpha value is -2.27. The molecular formula is C26H35F2N3O5S. The van der Waals surface area contributed by atoms with Gasteiger partial charge in [0.1, 0.15) is 6.04 Å². The number of nitrogens with one attached hydrogen (secondary N) is 1. The Kier molecular flexibility index (Phi) is 6.97. The number of likely N-dealkylation sites (tertiary alicyclic amines) is 1. The molecule has 0 radical (unpaired) electrons. The van der Waals surface area contributed by atoms with E-state index in [0.29, 0.717) is 42.7 Å². The highest BCUT2D eigenvalue weighted by atomic mass is 32.2. The number of piperidine rings is 1. The average molecular weight is 540 g/mol. The van der Waals surface area contributed by atoms with E-state index in [9.17, 15) is 31.9 Å². The van der Waals surface area contributed by atoms with Crippen molar-refractivity contribution in [1.82, 2.24) is 10.2 Å². The molecule has 1 spiro atoms. The van der Waals surface area contributed by atoms with Gasteiger partial charge >= 0.3 is 0 Å². The van der Waals surface area contributed by atoms with Crippen LogP contribution in [-0.2, 0) is 14.6 Å². The van der Waals surface area contributed by atoms with Crippen molar-refractivity contribution in [2.24, 2.45) is 5.41 Å². The van der Waals surface area contributed by atoms with E-state index in [4.69, 9.17) is 0 Å². The van der Waals surface area contributed by atoms with Gasteiger partial charge in [0.15, 0.2) is 9.84 Å². The van der Waals surface area contributed by atoms with Crippen molar-refractivity contribution in [2.45, 2.75) is 80.7 Å². The molecule has 1 unspecified atom stereocenters. The van der Waals surface area contributed by atoms with E-state index in [1.807, 2.05) is 4.90 Å². The number of hydrogen-bond acceptors (Lipinski definition) is 6. The fourth-order valence-electron chi connectivity index (χ4n) is 6.07. The third kappa shape index (κ3) is 5.48. The Bertz CT molecular complexity index is 1150. The maximum absolute atomic E-state index is 13.6. The summed E-state index contributed by atoms with van der Waals surface area (Å²) < 4.78 is 52.4. The van der Waals surface area contributed by atoms with E-state index in [1.54, 1.807) is 4.90 Å². The summed E-state index contributed by atoms with van der Waals surface area (Å²) in [5.41, 5.74) is 1.21. The number of carbonyl (C=O) groups excluding carboxylic acids is 2. The second kappa shape index (κ2) is 9.80. The Balaban J connectivity index is 1.33. The lowest BCUT2D eigenvalue weighted by Crippen LogP contribution is -2.46. The summed E-state index contributed by atoms with van der Waals surface area (Å²) in [6.07, 6.45) is 4.83. The molecule has 11 heteroatoms. The number of halogens is 2. The second-order valence-electron chi connectivity index (χ2n) is 11.1. The molecule has 204 valence electrons. The molecule has 0 bridgehead atoms. The first-order valence-electron chi connectivity index (χ1n) is 13.2. The third-order valence-corrected chi connectivity index (χ3v) is 10.4. The molecule has 37 heavy (non-hydrogen) atoms. The summed E-state index contributed by atoms with van der Waals surface area (Å²) in [5.74, 6) is -3.78. The molecular weight excluding hydrogens is 504 g/mol. The smallest absolute Gasteiger partial charge is 0.254 e. The lowest BCUT2D eigenvalue weighted by molar-refractivity contribution is -0.134. The minimum absolute atomic E-state index is 0.0528. The maximum atomic E-state index is 13.6. The monoisotopic (exact) mass is 539 g/mol. The molecule has 2 heterocycles. The number of amides is 2. The molecule has 2 saturated heterocycles. The fraction of sp³-hybridized carbons (Fsp3) is 0.692. The van der Waals surface area contributed by atoms with E-state index in [1.165, 1.54) is 31.0 Å². The molecule has 2 N–H and O–H groups in total. The van der Waals surface area contributed by atoms with Crippen molar-refractivity contribution in [3.05, 3.63) is 23.8 Å². The molecule has 2 aliphatic heterocycles. The normalized spacial score (nSPS) is 25.5. The van der Waals surface area contributed by atoms with Gasteiger partial charge in [-0.05, 0) is 68.6 Å². The zero-order chi connectivity index (χ0) is 26.4. The van der Waals surface area contributed by atoms with Gasteiger partial charge in [-0.1, -0.05) is 0 Å². The first-order chi connectivity index (χ1) is 17.5. The molecule has 1 aromatic carbocycles. The Morgan fingerprint density at radius 3 is 2.32 bits per heavy atom. The molecule has 8 nitrogen and oxygen atoms in total. The molecule has 2 aliphatic carbocycles. The molecule has 0 aromatic heterocycles. The van der Waals surface area contributed by atoms with Crippen molar-refractivity contribution in [3.63, 3.8) is 0 Å². The predicted octanol–water partition coefficient (Wildman–Crippen LogP) is 2.74. The van der Waals surface area contributed by atoms with E-state index < -0.39 is 40.1 Å². The van der Waals surface area contributed by atoms with Crippen LogP contribution in [-0.4, -0.2) is 80.2 Å². The Morgan fingerprint density at radius 1 is 1.03 bits per heavy atom. The van der Waals surface area contributed by atoms with E-state index in [2.05, 4.69) is 5.32 Å². The van der Waals surface area contributed by atoms with E-state index >= 15 is 0 Å².